The molecule has 1 aromatic carbocycles. The van der Waals surface area contributed by atoms with Crippen LogP contribution in [-0.4, -0.2) is 36.0 Å². The summed E-state index contributed by atoms with van der Waals surface area (Å²) in [5, 5.41) is 5.39. The van der Waals surface area contributed by atoms with E-state index in [4.69, 9.17) is 0 Å². The Morgan fingerprint density at radius 2 is 1.70 bits per heavy atom. The lowest BCUT2D eigenvalue weighted by atomic mass is 9.95. The molecule has 2 N–H and O–H groups in total. The third-order valence-electron chi connectivity index (χ3n) is 5.69. The molecular weight excluding hydrogens is 382 g/mol. The van der Waals surface area contributed by atoms with Crippen molar-refractivity contribution in [3.05, 3.63) is 52.8 Å². The summed E-state index contributed by atoms with van der Waals surface area (Å²) in [6.07, 6.45) is 6.10. The number of carbonyl (C=O) groups excluding carboxylic acids is 3. The van der Waals surface area contributed by atoms with E-state index in [1.807, 2.05) is 13.0 Å². The van der Waals surface area contributed by atoms with Gasteiger partial charge in [-0.05, 0) is 57.0 Å². The fourth-order valence-electron chi connectivity index (χ4n) is 4.14. The molecule has 7 heteroatoms. The highest BCUT2D eigenvalue weighted by atomic mass is 16.5. The van der Waals surface area contributed by atoms with Crippen LogP contribution in [0.4, 0.5) is 5.69 Å². The summed E-state index contributed by atoms with van der Waals surface area (Å²) in [5.41, 5.74) is 3.79. The number of anilines is 1. The van der Waals surface area contributed by atoms with Gasteiger partial charge < -0.3 is 19.9 Å². The number of benzene rings is 1. The third kappa shape index (κ3) is 4.90. The van der Waals surface area contributed by atoms with Gasteiger partial charge in [0.15, 0.2) is 0 Å². The van der Waals surface area contributed by atoms with Crippen molar-refractivity contribution in [2.45, 2.75) is 52.0 Å². The molecule has 2 aromatic rings. The highest BCUT2D eigenvalue weighted by Crippen LogP contribution is 2.32. The molecule has 1 fully saturated rings. The van der Waals surface area contributed by atoms with Crippen LogP contribution in [0.1, 0.15) is 70.2 Å². The van der Waals surface area contributed by atoms with Crippen LogP contribution >= 0.6 is 0 Å². The fourth-order valence-corrected chi connectivity index (χ4v) is 4.14. The van der Waals surface area contributed by atoms with E-state index in [1.165, 1.54) is 26.4 Å². The topological polar surface area (TPSA) is 89.4 Å². The summed E-state index contributed by atoms with van der Waals surface area (Å²) < 4.78 is 6.81. The lowest BCUT2D eigenvalue weighted by Gasteiger charge is -2.26. The number of amides is 2. The van der Waals surface area contributed by atoms with Gasteiger partial charge in [-0.2, -0.15) is 0 Å². The van der Waals surface area contributed by atoms with Gasteiger partial charge in [0.05, 0.1) is 12.7 Å². The first kappa shape index (κ1) is 21.6. The zero-order valence-corrected chi connectivity index (χ0v) is 17.8. The molecule has 1 aliphatic rings. The van der Waals surface area contributed by atoms with Gasteiger partial charge >= 0.3 is 5.97 Å². The average Bonchev–Trinajstić information content (AvgIpc) is 3.06. The molecule has 1 saturated carbocycles. The van der Waals surface area contributed by atoms with Gasteiger partial charge in [0.1, 0.15) is 6.54 Å². The molecule has 0 atom stereocenters. The predicted molar refractivity (Wildman–Crippen MR) is 115 cm³/mol. The van der Waals surface area contributed by atoms with E-state index >= 15 is 0 Å². The van der Waals surface area contributed by atoms with Crippen molar-refractivity contribution < 1.29 is 19.1 Å². The van der Waals surface area contributed by atoms with Gasteiger partial charge in [-0.1, -0.05) is 19.3 Å². The Bertz CT molecular complexity index is 925. The van der Waals surface area contributed by atoms with Crippen molar-refractivity contribution in [1.29, 1.82) is 0 Å². The number of rotatable bonds is 6. The molecule has 3 rings (SSSR count). The average molecular weight is 412 g/mol. The molecule has 0 saturated heterocycles. The minimum absolute atomic E-state index is 0.159. The number of nitrogens with zero attached hydrogens (tertiary/aromatic N) is 1. The Morgan fingerprint density at radius 3 is 2.33 bits per heavy atom. The van der Waals surface area contributed by atoms with E-state index in [0.717, 1.165) is 24.2 Å². The van der Waals surface area contributed by atoms with Crippen molar-refractivity contribution in [1.82, 2.24) is 9.88 Å². The Kier molecular flexibility index (Phi) is 6.92. The van der Waals surface area contributed by atoms with Crippen LogP contribution in [0.25, 0.3) is 0 Å². The standard InChI is InChI=1S/C23H29N3O4/c1-15-13-20(16(2)26(15)19-7-5-4-6-8-19)23(29)25-18-11-9-17(10-12-18)22(28)24-14-21(27)30-3/h9-13,19H,4-8,14H2,1-3H3,(H,24,28)(H,25,29). The quantitative estimate of drug-likeness (QED) is 0.708. The highest BCUT2D eigenvalue weighted by Gasteiger charge is 2.22. The minimum atomic E-state index is -0.516. The molecule has 30 heavy (non-hydrogen) atoms. The number of aryl methyl sites for hydroxylation is 1. The van der Waals surface area contributed by atoms with Crippen molar-refractivity contribution in [3.8, 4) is 0 Å². The van der Waals surface area contributed by atoms with E-state index in [0.29, 0.717) is 22.9 Å². The van der Waals surface area contributed by atoms with Crippen molar-refractivity contribution in [3.63, 3.8) is 0 Å². The number of aromatic nitrogens is 1. The van der Waals surface area contributed by atoms with Crippen molar-refractivity contribution in [2.75, 3.05) is 19.0 Å². The van der Waals surface area contributed by atoms with Crippen LogP contribution < -0.4 is 10.6 Å². The summed E-state index contributed by atoms with van der Waals surface area (Å²) in [4.78, 5) is 36.0. The number of ether oxygens (including phenoxy) is 1. The normalized spacial score (nSPS) is 14.2. The van der Waals surface area contributed by atoms with Gasteiger partial charge in [0, 0.05) is 28.7 Å². The largest absolute Gasteiger partial charge is 0.468 e. The minimum Gasteiger partial charge on any atom is -0.468 e. The predicted octanol–water partition coefficient (Wildman–Crippen LogP) is 3.77. The number of esters is 1. The van der Waals surface area contributed by atoms with Gasteiger partial charge in [0.25, 0.3) is 11.8 Å². The molecule has 7 nitrogen and oxygen atoms in total. The first-order valence-corrected chi connectivity index (χ1v) is 10.4. The van der Waals surface area contributed by atoms with E-state index < -0.39 is 5.97 Å². The maximum absolute atomic E-state index is 12.9. The van der Waals surface area contributed by atoms with E-state index in [1.54, 1.807) is 24.3 Å². The van der Waals surface area contributed by atoms with Crippen LogP contribution in [0.2, 0.25) is 0 Å². The van der Waals surface area contributed by atoms with Gasteiger partial charge in [-0.3, -0.25) is 14.4 Å². The molecule has 0 unspecified atom stereocenters. The van der Waals surface area contributed by atoms with Crippen LogP contribution in [0, 0.1) is 13.8 Å². The van der Waals surface area contributed by atoms with Gasteiger partial charge in [0.2, 0.25) is 0 Å². The smallest absolute Gasteiger partial charge is 0.325 e. The second-order valence-corrected chi connectivity index (χ2v) is 7.74. The molecular formula is C23H29N3O4. The number of hydrogen-bond donors (Lipinski definition) is 2. The van der Waals surface area contributed by atoms with E-state index in [-0.39, 0.29) is 18.4 Å². The Morgan fingerprint density at radius 1 is 1.03 bits per heavy atom. The molecule has 1 aromatic heterocycles. The summed E-state index contributed by atoms with van der Waals surface area (Å²) in [6.45, 7) is 3.87. The Labute approximate surface area is 176 Å². The summed E-state index contributed by atoms with van der Waals surface area (Å²) in [5.74, 6) is -1.06. The van der Waals surface area contributed by atoms with E-state index in [9.17, 15) is 14.4 Å². The monoisotopic (exact) mass is 411 g/mol. The number of methoxy groups -OCH3 is 1. The lowest BCUT2D eigenvalue weighted by molar-refractivity contribution is -0.139. The van der Waals surface area contributed by atoms with Crippen molar-refractivity contribution >= 4 is 23.5 Å². The molecule has 1 aliphatic carbocycles. The molecule has 0 bridgehead atoms. The van der Waals surface area contributed by atoms with E-state index in [2.05, 4.69) is 26.9 Å². The zero-order chi connectivity index (χ0) is 21.7. The first-order chi connectivity index (χ1) is 14.4. The van der Waals surface area contributed by atoms with Crippen LogP contribution in [0.5, 0.6) is 0 Å². The molecule has 0 aliphatic heterocycles. The maximum atomic E-state index is 12.9. The second-order valence-electron chi connectivity index (χ2n) is 7.74. The molecule has 160 valence electrons. The summed E-state index contributed by atoms with van der Waals surface area (Å²) >= 11 is 0. The fraction of sp³-hybridized carbons (Fsp3) is 0.435. The number of nitrogens with one attached hydrogen (secondary N) is 2. The van der Waals surface area contributed by atoms with Gasteiger partial charge in [-0.15, -0.1) is 0 Å². The first-order valence-electron chi connectivity index (χ1n) is 10.4. The number of hydrogen-bond acceptors (Lipinski definition) is 4. The highest BCUT2D eigenvalue weighted by molar-refractivity contribution is 6.05. The Hall–Kier alpha value is -3.09. The van der Waals surface area contributed by atoms with Crippen LogP contribution in [0.15, 0.2) is 30.3 Å². The van der Waals surface area contributed by atoms with Crippen LogP contribution in [-0.2, 0) is 9.53 Å². The van der Waals surface area contributed by atoms with Gasteiger partial charge in [-0.25, -0.2) is 0 Å². The summed E-state index contributed by atoms with van der Waals surface area (Å²) in [6, 6.07) is 8.98. The molecule has 0 radical (unpaired) electrons. The van der Waals surface area contributed by atoms with Crippen molar-refractivity contribution in [2.24, 2.45) is 0 Å². The SMILES string of the molecule is COC(=O)CNC(=O)c1ccc(NC(=O)c2cc(C)n(C3CCCCC3)c2C)cc1. The third-order valence-corrected chi connectivity index (χ3v) is 5.69. The maximum Gasteiger partial charge on any atom is 0.325 e. The van der Waals surface area contributed by atoms with Crippen LogP contribution in [0.3, 0.4) is 0 Å². The number of carbonyl (C=O) groups is 3. The second kappa shape index (κ2) is 9.61. The lowest BCUT2D eigenvalue weighted by Crippen LogP contribution is -2.30. The summed E-state index contributed by atoms with van der Waals surface area (Å²) in [7, 11) is 1.26. The zero-order valence-electron chi connectivity index (χ0n) is 17.8. The Balaban J connectivity index is 1.66. The molecule has 2 amide bonds. The molecule has 0 spiro atoms. The molecule has 1 heterocycles.